The Morgan fingerprint density at radius 3 is 2.47 bits per heavy atom. The number of pyridine rings is 1. The quantitative estimate of drug-likeness (QED) is 0.116. The van der Waals surface area contributed by atoms with E-state index in [2.05, 4.69) is 26.5 Å². The maximum atomic E-state index is 12.5. The van der Waals surface area contributed by atoms with Crippen molar-refractivity contribution in [3.05, 3.63) is 94.1 Å². The van der Waals surface area contributed by atoms with Gasteiger partial charge in [-0.2, -0.15) is 0 Å². The standard InChI is InChI=1S/C26H28ClN5O2S2/c1-17-14-21(25(34)29-18(2)12-13-36-16-33)15-28-24(17)31-32-26(35)30-23(19-6-4-3-5-7-19)20-8-10-22(27)11-9-20/h3-11,14-16,18,23H,12-13H2,1-2H3,(H,28,31)(H,29,34)(H2,30,32,35). The lowest BCUT2D eigenvalue weighted by atomic mass is 9.99. The molecule has 0 aliphatic rings. The molecule has 0 fully saturated rings. The van der Waals surface area contributed by atoms with Gasteiger partial charge in [-0.15, -0.1) is 0 Å². The topological polar surface area (TPSA) is 95.2 Å². The lowest BCUT2D eigenvalue weighted by Gasteiger charge is -2.22. The van der Waals surface area contributed by atoms with Crippen molar-refractivity contribution in [2.45, 2.75) is 32.4 Å². The number of carbonyl (C=O) groups is 2. The van der Waals surface area contributed by atoms with Crippen molar-refractivity contribution in [2.24, 2.45) is 0 Å². The summed E-state index contributed by atoms with van der Waals surface area (Å²) in [5, 5.41) is 7.30. The number of anilines is 1. The zero-order chi connectivity index (χ0) is 25.9. The first-order chi connectivity index (χ1) is 17.4. The molecule has 1 amide bonds. The van der Waals surface area contributed by atoms with E-state index in [0.29, 0.717) is 33.7 Å². The molecule has 7 nitrogen and oxygen atoms in total. The van der Waals surface area contributed by atoms with Gasteiger partial charge in [-0.1, -0.05) is 65.8 Å². The summed E-state index contributed by atoms with van der Waals surface area (Å²) in [4.78, 5) is 27.3. The van der Waals surface area contributed by atoms with Crippen molar-refractivity contribution < 1.29 is 9.59 Å². The number of hydrogen-bond donors (Lipinski definition) is 4. The summed E-state index contributed by atoms with van der Waals surface area (Å²) in [5.41, 5.74) is 10.1. The molecule has 1 aromatic heterocycles. The Morgan fingerprint density at radius 2 is 1.81 bits per heavy atom. The fourth-order valence-electron chi connectivity index (χ4n) is 3.45. The Bertz CT molecular complexity index is 1180. The number of nitrogens with zero attached hydrogens (tertiary/aromatic N) is 1. The van der Waals surface area contributed by atoms with E-state index in [1.165, 1.54) is 18.0 Å². The SMILES string of the molecule is Cc1cc(C(=O)NC(C)CCSC=O)cnc1NNC(=S)NC(c1ccccc1)c1ccc(Cl)cc1. The molecule has 0 aliphatic carbocycles. The summed E-state index contributed by atoms with van der Waals surface area (Å²) < 4.78 is 0. The Hall–Kier alpha value is -3.14. The van der Waals surface area contributed by atoms with Gasteiger partial charge in [0.2, 0.25) is 0 Å². The van der Waals surface area contributed by atoms with Crippen LogP contribution in [-0.2, 0) is 4.79 Å². The van der Waals surface area contributed by atoms with E-state index in [1.807, 2.05) is 68.4 Å². The third kappa shape index (κ3) is 8.22. The monoisotopic (exact) mass is 541 g/mol. The van der Waals surface area contributed by atoms with Crippen LogP contribution in [0.1, 0.15) is 46.4 Å². The molecule has 0 saturated heterocycles. The van der Waals surface area contributed by atoms with Gasteiger partial charge in [0, 0.05) is 23.0 Å². The van der Waals surface area contributed by atoms with Gasteiger partial charge in [-0.25, -0.2) is 4.98 Å². The molecule has 0 saturated carbocycles. The minimum Gasteiger partial charge on any atom is -0.350 e. The van der Waals surface area contributed by atoms with E-state index < -0.39 is 0 Å². The van der Waals surface area contributed by atoms with Crippen LogP contribution >= 0.6 is 35.6 Å². The number of halogens is 1. The van der Waals surface area contributed by atoms with Crippen LogP contribution in [0.2, 0.25) is 5.02 Å². The summed E-state index contributed by atoms with van der Waals surface area (Å²) in [6, 6.07) is 19.1. The van der Waals surface area contributed by atoms with Gasteiger partial charge < -0.3 is 10.6 Å². The molecule has 0 spiro atoms. The largest absolute Gasteiger partial charge is 0.350 e. The third-order valence-electron chi connectivity index (χ3n) is 5.36. The number of aryl methyl sites for hydroxylation is 1. The first kappa shape index (κ1) is 27.4. The van der Waals surface area contributed by atoms with E-state index >= 15 is 0 Å². The van der Waals surface area contributed by atoms with Gasteiger partial charge in [0.25, 0.3) is 5.91 Å². The van der Waals surface area contributed by atoms with Gasteiger partial charge in [0.1, 0.15) is 5.82 Å². The van der Waals surface area contributed by atoms with Gasteiger partial charge >= 0.3 is 0 Å². The van der Waals surface area contributed by atoms with E-state index in [-0.39, 0.29) is 18.0 Å². The number of amides is 1. The second-order valence-electron chi connectivity index (χ2n) is 8.14. The van der Waals surface area contributed by atoms with Crippen molar-refractivity contribution in [3.8, 4) is 0 Å². The molecular weight excluding hydrogens is 514 g/mol. The van der Waals surface area contributed by atoms with E-state index in [1.54, 1.807) is 6.07 Å². The molecule has 0 radical (unpaired) electrons. The first-order valence-electron chi connectivity index (χ1n) is 11.3. The van der Waals surface area contributed by atoms with Crippen LogP contribution in [-0.4, -0.2) is 33.4 Å². The highest BCUT2D eigenvalue weighted by Crippen LogP contribution is 2.23. The van der Waals surface area contributed by atoms with Crippen molar-refractivity contribution >= 4 is 58.0 Å². The van der Waals surface area contributed by atoms with Gasteiger partial charge in [0.15, 0.2) is 10.7 Å². The molecular formula is C26H28ClN5O2S2. The molecule has 3 aromatic rings. The number of nitrogens with one attached hydrogen (secondary N) is 4. The minimum absolute atomic E-state index is 0.0497. The van der Waals surface area contributed by atoms with Crippen LogP contribution in [0.15, 0.2) is 66.9 Å². The Labute approximate surface area is 225 Å². The highest BCUT2D eigenvalue weighted by molar-refractivity contribution is 8.11. The molecule has 4 N–H and O–H groups in total. The van der Waals surface area contributed by atoms with E-state index in [4.69, 9.17) is 23.8 Å². The first-order valence-corrected chi connectivity index (χ1v) is 13.2. The number of thiocarbonyl (C=S) groups is 1. The van der Waals surface area contributed by atoms with Crippen molar-refractivity contribution in [3.63, 3.8) is 0 Å². The highest BCUT2D eigenvalue weighted by atomic mass is 35.5. The molecule has 3 rings (SSSR count). The van der Waals surface area contributed by atoms with Crippen LogP contribution in [0.3, 0.4) is 0 Å². The van der Waals surface area contributed by atoms with Gasteiger partial charge in [-0.05, 0) is 67.4 Å². The molecule has 0 aliphatic heterocycles. The summed E-state index contributed by atoms with van der Waals surface area (Å²) in [6.45, 7) is 3.76. The van der Waals surface area contributed by atoms with Crippen LogP contribution in [0.4, 0.5) is 5.82 Å². The third-order valence-corrected chi connectivity index (χ3v) is 6.44. The lowest BCUT2D eigenvalue weighted by Crippen LogP contribution is -2.41. The molecule has 10 heteroatoms. The van der Waals surface area contributed by atoms with Crippen molar-refractivity contribution in [2.75, 3.05) is 11.2 Å². The number of hydrazine groups is 1. The Morgan fingerprint density at radius 1 is 1.11 bits per heavy atom. The normalized spacial score (nSPS) is 12.2. The average molecular weight is 542 g/mol. The number of hydrogen-bond acceptors (Lipinski definition) is 6. The summed E-state index contributed by atoms with van der Waals surface area (Å²) in [5.74, 6) is 1.00. The van der Waals surface area contributed by atoms with Gasteiger partial charge in [-0.3, -0.25) is 20.4 Å². The molecule has 2 atom stereocenters. The predicted octanol–water partition coefficient (Wildman–Crippen LogP) is 5.06. The molecule has 188 valence electrons. The molecule has 2 aromatic carbocycles. The summed E-state index contributed by atoms with van der Waals surface area (Å²) in [6.07, 6.45) is 2.21. The van der Waals surface area contributed by atoms with E-state index in [0.717, 1.165) is 22.3 Å². The van der Waals surface area contributed by atoms with Crippen LogP contribution < -0.4 is 21.5 Å². The fraction of sp³-hybridized carbons (Fsp3) is 0.231. The number of carbonyl (C=O) groups excluding carboxylic acids is 2. The summed E-state index contributed by atoms with van der Waals surface area (Å²) in [7, 11) is 0. The zero-order valence-corrected chi connectivity index (χ0v) is 22.3. The second kappa shape index (κ2) is 13.8. The van der Waals surface area contributed by atoms with Gasteiger partial charge in [0.05, 0.1) is 11.6 Å². The number of thioether (sulfide) groups is 1. The lowest BCUT2D eigenvalue weighted by molar-refractivity contribution is 0.0939. The average Bonchev–Trinajstić information content (AvgIpc) is 2.87. The minimum atomic E-state index is -0.209. The zero-order valence-electron chi connectivity index (χ0n) is 20.0. The van der Waals surface area contributed by atoms with Crippen molar-refractivity contribution in [1.29, 1.82) is 0 Å². The summed E-state index contributed by atoms with van der Waals surface area (Å²) >= 11 is 12.8. The Kier molecular flexibility index (Phi) is 10.5. The van der Waals surface area contributed by atoms with Crippen LogP contribution in [0.25, 0.3) is 0 Å². The molecule has 2 unspecified atom stereocenters. The molecule has 0 bridgehead atoms. The number of aromatic nitrogens is 1. The van der Waals surface area contributed by atoms with Crippen molar-refractivity contribution in [1.82, 2.24) is 21.0 Å². The molecule has 36 heavy (non-hydrogen) atoms. The van der Waals surface area contributed by atoms with Crippen LogP contribution in [0, 0.1) is 6.92 Å². The predicted molar refractivity (Wildman–Crippen MR) is 152 cm³/mol. The maximum absolute atomic E-state index is 12.5. The van der Waals surface area contributed by atoms with E-state index in [9.17, 15) is 9.59 Å². The number of rotatable bonds is 11. The number of benzene rings is 2. The van der Waals surface area contributed by atoms with Crippen LogP contribution in [0.5, 0.6) is 0 Å². The smallest absolute Gasteiger partial charge is 0.253 e. The highest BCUT2D eigenvalue weighted by Gasteiger charge is 2.16. The molecule has 1 heterocycles. The second-order valence-corrected chi connectivity index (χ2v) is 9.92. The fourth-order valence-corrected chi connectivity index (χ4v) is 4.33. The Balaban J connectivity index is 1.60. The maximum Gasteiger partial charge on any atom is 0.253 e.